The molecule has 5 nitrogen and oxygen atoms in total. The van der Waals surface area contributed by atoms with Crippen LogP contribution in [0, 0.1) is 11.7 Å². The first-order chi connectivity index (χ1) is 8.74. The summed E-state index contributed by atoms with van der Waals surface area (Å²) in [6.07, 6.45) is 0.673. The van der Waals surface area contributed by atoms with Crippen molar-refractivity contribution >= 4 is 15.7 Å². The molecular formula is C12H19FN2O3S. The fraction of sp³-hybridized carbons (Fsp3) is 0.500. The molecule has 7 heteroatoms. The molecule has 0 aliphatic carbocycles. The van der Waals surface area contributed by atoms with Crippen LogP contribution in [0.2, 0.25) is 0 Å². The average molecular weight is 290 g/mol. The highest BCUT2D eigenvalue weighted by Crippen LogP contribution is 2.20. The minimum atomic E-state index is -3.91. The maximum atomic E-state index is 13.8. The van der Waals surface area contributed by atoms with Crippen LogP contribution in [0.15, 0.2) is 23.1 Å². The van der Waals surface area contributed by atoms with Crippen molar-refractivity contribution in [3.05, 3.63) is 24.0 Å². The number of hydrogen-bond acceptors (Lipinski definition) is 4. The molecule has 0 amide bonds. The second-order valence-electron chi connectivity index (χ2n) is 4.84. The highest BCUT2D eigenvalue weighted by Gasteiger charge is 2.15. The number of halogens is 1. The summed E-state index contributed by atoms with van der Waals surface area (Å²) < 4.78 is 35.9. The normalized spacial score (nSPS) is 13.6. The number of nitrogens with two attached hydrogens (primary N) is 1. The number of primary sulfonamides is 1. The minimum Gasteiger partial charge on any atom is -0.394 e. The standard InChI is InChI=1S/C12H19FN2O3S/c1-8(2)5-9(7-16)15-12-4-3-10(6-11(12)13)19(14,17)18/h3-4,6,8-9,15-16H,5,7H2,1-2H3,(H2,14,17,18). The first-order valence-corrected chi connectivity index (χ1v) is 7.48. The quantitative estimate of drug-likeness (QED) is 0.736. The van der Waals surface area contributed by atoms with Gasteiger partial charge in [-0.3, -0.25) is 0 Å². The van der Waals surface area contributed by atoms with E-state index in [0.717, 1.165) is 6.07 Å². The van der Waals surface area contributed by atoms with Crippen molar-refractivity contribution in [3.63, 3.8) is 0 Å². The zero-order valence-corrected chi connectivity index (χ0v) is 11.7. The predicted molar refractivity (Wildman–Crippen MR) is 71.7 cm³/mol. The van der Waals surface area contributed by atoms with Gasteiger partial charge in [0.15, 0.2) is 0 Å². The van der Waals surface area contributed by atoms with E-state index in [1.165, 1.54) is 12.1 Å². The van der Waals surface area contributed by atoms with E-state index in [9.17, 15) is 17.9 Å². The van der Waals surface area contributed by atoms with Crippen molar-refractivity contribution in [1.82, 2.24) is 0 Å². The maximum absolute atomic E-state index is 13.8. The summed E-state index contributed by atoms with van der Waals surface area (Å²) in [7, 11) is -3.91. The lowest BCUT2D eigenvalue weighted by Gasteiger charge is -2.20. The van der Waals surface area contributed by atoms with Crippen LogP contribution >= 0.6 is 0 Å². The highest BCUT2D eigenvalue weighted by atomic mass is 32.2. The van der Waals surface area contributed by atoms with Gasteiger partial charge in [0.1, 0.15) is 5.82 Å². The SMILES string of the molecule is CC(C)CC(CO)Nc1ccc(S(N)(=O)=O)cc1F. The number of rotatable bonds is 6. The summed E-state index contributed by atoms with van der Waals surface area (Å²) in [6.45, 7) is 3.85. The van der Waals surface area contributed by atoms with Crippen LogP contribution in [0.25, 0.3) is 0 Å². The van der Waals surface area contributed by atoms with Crippen LogP contribution in [0.4, 0.5) is 10.1 Å². The van der Waals surface area contributed by atoms with E-state index in [1.54, 1.807) is 0 Å². The summed E-state index contributed by atoms with van der Waals surface area (Å²) in [5, 5.41) is 17.0. The number of aliphatic hydroxyl groups excluding tert-OH is 1. The Morgan fingerprint density at radius 1 is 1.42 bits per heavy atom. The number of sulfonamides is 1. The molecule has 0 saturated heterocycles. The molecular weight excluding hydrogens is 271 g/mol. The zero-order chi connectivity index (χ0) is 14.6. The lowest BCUT2D eigenvalue weighted by molar-refractivity contribution is 0.259. The van der Waals surface area contributed by atoms with Crippen LogP contribution in [0.5, 0.6) is 0 Å². The molecule has 1 unspecified atom stereocenters. The summed E-state index contributed by atoms with van der Waals surface area (Å²) in [6, 6.07) is 3.11. The molecule has 1 rings (SSSR count). The van der Waals surface area contributed by atoms with E-state index in [-0.39, 0.29) is 23.2 Å². The molecule has 0 aliphatic heterocycles. The smallest absolute Gasteiger partial charge is 0.238 e. The van der Waals surface area contributed by atoms with Crippen LogP contribution < -0.4 is 10.5 Å². The Labute approximate surface area is 112 Å². The van der Waals surface area contributed by atoms with Gasteiger partial charge in [0.2, 0.25) is 10.0 Å². The van der Waals surface area contributed by atoms with E-state index >= 15 is 0 Å². The van der Waals surface area contributed by atoms with Gasteiger partial charge in [-0.15, -0.1) is 0 Å². The molecule has 4 N–H and O–H groups in total. The number of anilines is 1. The topological polar surface area (TPSA) is 92.4 Å². The van der Waals surface area contributed by atoms with Gasteiger partial charge in [-0.25, -0.2) is 17.9 Å². The molecule has 108 valence electrons. The molecule has 1 atom stereocenters. The van der Waals surface area contributed by atoms with Crippen molar-refractivity contribution < 1.29 is 17.9 Å². The van der Waals surface area contributed by atoms with E-state index in [0.29, 0.717) is 12.3 Å². The van der Waals surface area contributed by atoms with Gasteiger partial charge in [-0.1, -0.05) is 13.8 Å². The number of aliphatic hydroxyl groups is 1. The third kappa shape index (κ3) is 4.77. The van der Waals surface area contributed by atoms with E-state index in [4.69, 9.17) is 5.14 Å². The number of hydrogen-bond donors (Lipinski definition) is 3. The number of nitrogens with one attached hydrogen (secondary N) is 1. The number of benzene rings is 1. The molecule has 0 spiro atoms. The fourth-order valence-electron chi connectivity index (χ4n) is 1.76. The predicted octanol–water partition coefficient (Wildman–Crippen LogP) is 1.29. The molecule has 0 aliphatic rings. The highest BCUT2D eigenvalue weighted by molar-refractivity contribution is 7.89. The van der Waals surface area contributed by atoms with Crippen LogP contribution in [0.3, 0.4) is 0 Å². The second kappa shape index (κ2) is 6.31. The van der Waals surface area contributed by atoms with Crippen molar-refractivity contribution in [2.75, 3.05) is 11.9 Å². The van der Waals surface area contributed by atoms with E-state index < -0.39 is 15.8 Å². The third-order valence-corrected chi connectivity index (χ3v) is 3.52. The van der Waals surface area contributed by atoms with Crippen LogP contribution in [-0.2, 0) is 10.0 Å². The minimum absolute atomic E-state index is 0.130. The van der Waals surface area contributed by atoms with Crippen molar-refractivity contribution in [2.24, 2.45) is 11.1 Å². The van der Waals surface area contributed by atoms with E-state index in [1.807, 2.05) is 13.8 Å². The van der Waals surface area contributed by atoms with Gasteiger partial charge in [0, 0.05) is 6.04 Å². The summed E-state index contributed by atoms with van der Waals surface area (Å²) >= 11 is 0. The molecule has 0 heterocycles. The van der Waals surface area contributed by atoms with Crippen molar-refractivity contribution in [3.8, 4) is 0 Å². The average Bonchev–Trinajstić information content (AvgIpc) is 2.28. The summed E-state index contributed by atoms with van der Waals surface area (Å²) in [5.41, 5.74) is 0.145. The Morgan fingerprint density at radius 2 is 2.05 bits per heavy atom. The Kier molecular flexibility index (Phi) is 5.28. The largest absolute Gasteiger partial charge is 0.394 e. The molecule has 0 fully saturated rings. The first kappa shape index (κ1) is 15.9. The first-order valence-electron chi connectivity index (χ1n) is 5.93. The van der Waals surface area contributed by atoms with Gasteiger partial charge >= 0.3 is 0 Å². The van der Waals surface area contributed by atoms with E-state index in [2.05, 4.69) is 5.32 Å². The fourth-order valence-corrected chi connectivity index (χ4v) is 2.28. The Bertz CT molecular complexity index is 532. The van der Waals surface area contributed by atoms with Gasteiger partial charge in [-0.2, -0.15) is 0 Å². The van der Waals surface area contributed by atoms with Crippen LogP contribution in [-0.4, -0.2) is 26.2 Å². The monoisotopic (exact) mass is 290 g/mol. The molecule has 0 bridgehead atoms. The Balaban J connectivity index is 2.91. The zero-order valence-electron chi connectivity index (χ0n) is 10.9. The Morgan fingerprint density at radius 3 is 2.47 bits per heavy atom. The van der Waals surface area contributed by atoms with Gasteiger partial charge in [0.05, 0.1) is 17.2 Å². The second-order valence-corrected chi connectivity index (χ2v) is 6.40. The molecule has 0 radical (unpaired) electrons. The summed E-state index contributed by atoms with van der Waals surface area (Å²) in [4.78, 5) is -0.278. The van der Waals surface area contributed by atoms with Crippen molar-refractivity contribution in [1.29, 1.82) is 0 Å². The lowest BCUT2D eigenvalue weighted by Crippen LogP contribution is -2.26. The maximum Gasteiger partial charge on any atom is 0.238 e. The molecule has 0 aromatic heterocycles. The molecule has 0 saturated carbocycles. The third-order valence-electron chi connectivity index (χ3n) is 2.61. The van der Waals surface area contributed by atoms with Gasteiger partial charge < -0.3 is 10.4 Å². The van der Waals surface area contributed by atoms with Gasteiger partial charge in [-0.05, 0) is 30.5 Å². The molecule has 1 aromatic carbocycles. The van der Waals surface area contributed by atoms with Crippen molar-refractivity contribution in [2.45, 2.75) is 31.2 Å². The molecule has 1 aromatic rings. The Hall–Kier alpha value is -1.18. The van der Waals surface area contributed by atoms with Gasteiger partial charge in [0.25, 0.3) is 0 Å². The molecule has 19 heavy (non-hydrogen) atoms. The summed E-state index contributed by atoms with van der Waals surface area (Å²) in [5.74, 6) is -0.370. The van der Waals surface area contributed by atoms with Crippen LogP contribution in [0.1, 0.15) is 20.3 Å². The lowest BCUT2D eigenvalue weighted by atomic mass is 10.0.